The van der Waals surface area contributed by atoms with Crippen LogP contribution in [-0.4, -0.2) is 59.3 Å². The lowest BCUT2D eigenvalue weighted by Crippen LogP contribution is -2.54. The number of H-pyrrole nitrogens is 1. The molecule has 33 heavy (non-hydrogen) atoms. The van der Waals surface area contributed by atoms with Crippen LogP contribution >= 0.6 is 0 Å². The second kappa shape index (κ2) is 10.3. The molecule has 1 saturated heterocycles. The Bertz CT molecular complexity index is 970. The first-order valence-electron chi connectivity index (χ1n) is 10.8. The highest BCUT2D eigenvalue weighted by Gasteiger charge is 2.51. The molecule has 1 aliphatic rings. The lowest BCUT2D eigenvalue weighted by molar-refractivity contribution is -0.202. The van der Waals surface area contributed by atoms with Crippen molar-refractivity contribution in [3.05, 3.63) is 36.1 Å². The molecule has 0 radical (unpaired) electrons. The monoisotopic (exact) mass is 468 g/mol. The molecule has 2 aromatic rings. The van der Waals surface area contributed by atoms with Crippen LogP contribution in [0.25, 0.3) is 11.3 Å². The third-order valence-electron chi connectivity index (χ3n) is 5.41. The summed E-state index contributed by atoms with van der Waals surface area (Å²) in [7, 11) is 1.37. The van der Waals surface area contributed by atoms with Gasteiger partial charge in [-0.2, -0.15) is 23.3 Å². The van der Waals surface area contributed by atoms with Crippen LogP contribution in [0.4, 0.5) is 23.4 Å². The number of amides is 1. The van der Waals surface area contributed by atoms with Crippen molar-refractivity contribution < 1.29 is 22.4 Å². The van der Waals surface area contributed by atoms with Crippen molar-refractivity contribution in [2.24, 2.45) is 16.8 Å². The van der Waals surface area contributed by atoms with Crippen molar-refractivity contribution in [1.82, 2.24) is 20.4 Å². The molecule has 0 aliphatic carbocycles. The van der Waals surface area contributed by atoms with Gasteiger partial charge in [0.1, 0.15) is 17.7 Å². The lowest BCUT2D eigenvalue weighted by Gasteiger charge is -2.38. The second-order valence-corrected chi connectivity index (χ2v) is 8.59. The molecule has 2 heterocycles. The fourth-order valence-electron chi connectivity index (χ4n) is 3.79. The maximum Gasteiger partial charge on any atom is 0.404 e. The average Bonchev–Trinajstić information content (AvgIpc) is 3.19. The van der Waals surface area contributed by atoms with E-state index in [9.17, 15) is 22.4 Å². The SMILES string of the molecule is CC(C)CN/C(=N/C(=O)C1CCCN(C)C1C(F)(F)F)Nc1cc(-c2ccc(F)cc2)n[nH]1. The molecule has 1 amide bonds. The minimum atomic E-state index is -4.53. The number of aromatic nitrogens is 2. The molecule has 1 aromatic carbocycles. The number of alkyl halides is 3. The Labute approximate surface area is 189 Å². The van der Waals surface area contributed by atoms with E-state index in [1.165, 1.54) is 24.1 Å². The molecule has 0 bridgehead atoms. The Hall–Kier alpha value is -2.95. The van der Waals surface area contributed by atoms with Gasteiger partial charge in [-0.25, -0.2) is 4.39 Å². The van der Waals surface area contributed by atoms with E-state index in [-0.39, 0.29) is 30.7 Å². The molecular formula is C22H28F4N6O. The van der Waals surface area contributed by atoms with Gasteiger partial charge in [-0.1, -0.05) is 13.8 Å². The number of likely N-dealkylation sites (tertiary alicyclic amines) is 1. The molecule has 0 spiro atoms. The smallest absolute Gasteiger partial charge is 0.355 e. The third-order valence-corrected chi connectivity index (χ3v) is 5.41. The van der Waals surface area contributed by atoms with E-state index in [0.717, 1.165) is 0 Å². The highest BCUT2D eigenvalue weighted by molar-refractivity contribution is 6.01. The molecular weight excluding hydrogens is 440 g/mol. The number of anilines is 1. The summed E-state index contributed by atoms with van der Waals surface area (Å²) in [6, 6.07) is 5.53. The topological polar surface area (TPSA) is 85.4 Å². The summed E-state index contributed by atoms with van der Waals surface area (Å²) in [5.74, 6) is -1.86. The van der Waals surface area contributed by atoms with Gasteiger partial charge in [0.05, 0.1) is 11.6 Å². The summed E-state index contributed by atoms with van der Waals surface area (Å²) in [6.07, 6.45) is -3.93. The zero-order chi connectivity index (χ0) is 24.2. The maximum atomic E-state index is 13.6. The predicted octanol–water partition coefficient (Wildman–Crippen LogP) is 4.03. The number of hydrogen-bond donors (Lipinski definition) is 3. The number of guanidine groups is 1. The molecule has 180 valence electrons. The average molecular weight is 468 g/mol. The van der Waals surface area contributed by atoms with Gasteiger partial charge in [0.25, 0.3) is 5.91 Å². The highest BCUT2D eigenvalue weighted by atomic mass is 19.4. The van der Waals surface area contributed by atoms with E-state index >= 15 is 0 Å². The number of carbonyl (C=O) groups excluding carboxylic acids is 1. The molecule has 11 heteroatoms. The van der Waals surface area contributed by atoms with E-state index in [4.69, 9.17) is 0 Å². The van der Waals surface area contributed by atoms with E-state index < -0.39 is 24.0 Å². The predicted molar refractivity (Wildman–Crippen MR) is 118 cm³/mol. The number of halogens is 4. The molecule has 3 rings (SSSR count). The minimum absolute atomic E-state index is 0.0390. The first kappa shape index (κ1) is 24.7. The number of aromatic amines is 1. The zero-order valence-electron chi connectivity index (χ0n) is 18.7. The quantitative estimate of drug-likeness (QED) is 0.351. The summed E-state index contributed by atoms with van der Waals surface area (Å²) in [5, 5.41) is 12.8. The van der Waals surface area contributed by atoms with Gasteiger partial charge < -0.3 is 10.6 Å². The van der Waals surface area contributed by atoms with Crippen molar-refractivity contribution in [3.8, 4) is 11.3 Å². The normalized spacial score (nSPS) is 20.2. The van der Waals surface area contributed by atoms with E-state index in [1.54, 1.807) is 18.2 Å². The largest absolute Gasteiger partial charge is 0.404 e. The van der Waals surface area contributed by atoms with E-state index in [0.29, 0.717) is 30.0 Å². The van der Waals surface area contributed by atoms with Crippen LogP contribution in [0.5, 0.6) is 0 Å². The van der Waals surface area contributed by atoms with Crippen LogP contribution in [0.3, 0.4) is 0 Å². The standard InChI is InChI=1S/C22H28F4N6O/c1-13(2)12-27-21(28-18-11-17(30-31-18)14-6-8-15(23)9-7-14)29-20(33)16-5-4-10-32(3)19(16)22(24,25)26/h6-9,11,13,16,19H,4-5,10,12H2,1-3H3,(H3,27,28,29,30,31,33). The van der Waals surface area contributed by atoms with Gasteiger partial charge >= 0.3 is 6.18 Å². The van der Waals surface area contributed by atoms with Crippen LogP contribution < -0.4 is 10.6 Å². The Morgan fingerprint density at radius 2 is 2.00 bits per heavy atom. The van der Waals surface area contributed by atoms with Crippen LogP contribution in [0.15, 0.2) is 35.3 Å². The van der Waals surface area contributed by atoms with Gasteiger partial charge in [0, 0.05) is 18.2 Å². The molecule has 3 N–H and O–H groups in total. The fraction of sp³-hybridized carbons (Fsp3) is 0.500. The molecule has 2 atom stereocenters. The first-order valence-corrected chi connectivity index (χ1v) is 10.8. The summed E-state index contributed by atoms with van der Waals surface area (Å²) in [5.41, 5.74) is 1.20. The van der Waals surface area contributed by atoms with Gasteiger partial charge in [-0.3, -0.25) is 14.8 Å². The number of nitrogens with zero attached hydrogens (tertiary/aromatic N) is 3. The van der Waals surface area contributed by atoms with Crippen molar-refractivity contribution in [2.45, 2.75) is 38.9 Å². The van der Waals surface area contributed by atoms with Crippen LogP contribution in [0.2, 0.25) is 0 Å². The summed E-state index contributed by atoms with van der Waals surface area (Å²) >= 11 is 0. The number of nitrogens with one attached hydrogen (secondary N) is 3. The van der Waals surface area contributed by atoms with Gasteiger partial charge in [-0.15, -0.1) is 0 Å². The summed E-state index contributed by atoms with van der Waals surface area (Å²) in [4.78, 5) is 18.0. The number of benzene rings is 1. The van der Waals surface area contributed by atoms with E-state index in [1.807, 2.05) is 13.8 Å². The van der Waals surface area contributed by atoms with Crippen LogP contribution in [0, 0.1) is 17.7 Å². The minimum Gasteiger partial charge on any atom is -0.355 e. The first-order chi connectivity index (χ1) is 15.5. The molecule has 0 saturated carbocycles. The van der Waals surface area contributed by atoms with E-state index in [2.05, 4.69) is 25.8 Å². The third kappa shape index (κ3) is 6.53. The molecule has 2 unspecified atom stereocenters. The van der Waals surface area contributed by atoms with Crippen molar-refractivity contribution in [2.75, 3.05) is 25.5 Å². The lowest BCUT2D eigenvalue weighted by atomic mass is 9.88. The number of carbonyl (C=O) groups is 1. The van der Waals surface area contributed by atoms with Crippen molar-refractivity contribution >= 4 is 17.7 Å². The molecule has 1 aliphatic heterocycles. The van der Waals surface area contributed by atoms with Gasteiger partial charge in [0.15, 0.2) is 0 Å². The van der Waals surface area contributed by atoms with Crippen molar-refractivity contribution in [1.29, 1.82) is 0 Å². The zero-order valence-corrected chi connectivity index (χ0v) is 18.7. The Balaban J connectivity index is 1.81. The van der Waals surface area contributed by atoms with Gasteiger partial charge in [-0.05, 0) is 56.6 Å². The molecule has 7 nitrogen and oxygen atoms in total. The Morgan fingerprint density at radius 3 is 2.64 bits per heavy atom. The summed E-state index contributed by atoms with van der Waals surface area (Å²) < 4.78 is 54.0. The fourth-order valence-corrected chi connectivity index (χ4v) is 3.79. The summed E-state index contributed by atoms with van der Waals surface area (Å²) in [6.45, 7) is 4.62. The number of hydrogen-bond acceptors (Lipinski definition) is 3. The number of rotatable bonds is 5. The molecule has 1 fully saturated rings. The Morgan fingerprint density at radius 1 is 1.30 bits per heavy atom. The van der Waals surface area contributed by atoms with Crippen molar-refractivity contribution in [3.63, 3.8) is 0 Å². The molecule has 1 aromatic heterocycles. The van der Waals surface area contributed by atoms with Crippen LogP contribution in [-0.2, 0) is 4.79 Å². The van der Waals surface area contributed by atoms with Crippen LogP contribution in [0.1, 0.15) is 26.7 Å². The number of piperidine rings is 1. The second-order valence-electron chi connectivity index (χ2n) is 8.59. The maximum absolute atomic E-state index is 13.6. The number of aliphatic imine (C=N–C) groups is 1. The Kier molecular flexibility index (Phi) is 7.72. The van der Waals surface area contributed by atoms with Gasteiger partial charge in [0.2, 0.25) is 5.96 Å². The highest BCUT2D eigenvalue weighted by Crippen LogP contribution is 2.35.